The maximum Gasteiger partial charge on any atom is 0.227 e. The van der Waals surface area contributed by atoms with E-state index in [-0.39, 0.29) is 0 Å². The first kappa shape index (κ1) is 25.3. The fourth-order valence-corrected chi connectivity index (χ4v) is 4.62. The molecule has 1 aromatic carbocycles. The average molecular weight is 502 g/mol. The second-order valence-electron chi connectivity index (χ2n) is 9.46. The third-order valence-corrected chi connectivity index (χ3v) is 6.56. The molecule has 1 N–H and O–H groups in total. The predicted molar refractivity (Wildman–Crippen MR) is 144 cm³/mol. The van der Waals surface area contributed by atoms with Crippen LogP contribution in [0.5, 0.6) is 5.75 Å². The Hall–Kier alpha value is -3.33. The van der Waals surface area contributed by atoms with Crippen LogP contribution in [-0.4, -0.2) is 59.3 Å². The molecule has 0 saturated carbocycles. The van der Waals surface area contributed by atoms with E-state index in [1.807, 2.05) is 49.5 Å². The summed E-state index contributed by atoms with van der Waals surface area (Å²) in [7, 11) is 0. The number of pyridine rings is 1. The van der Waals surface area contributed by atoms with E-state index in [0.29, 0.717) is 39.0 Å². The first-order valence-corrected chi connectivity index (χ1v) is 13.1. The zero-order valence-electron chi connectivity index (χ0n) is 21.5. The van der Waals surface area contributed by atoms with Crippen molar-refractivity contribution < 1.29 is 14.2 Å². The molecule has 1 saturated heterocycles. The summed E-state index contributed by atoms with van der Waals surface area (Å²) in [5.74, 6) is 1.38. The van der Waals surface area contributed by atoms with E-state index >= 15 is 0 Å². The van der Waals surface area contributed by atoms with Gasteiger partial charge in [0.2, 0.25) is 5.95 Å². The van der Waals surface area contributed by atoms with Crippen LogP contribution < -0.4 is 10.1 Å². The molecule has 0 unspecified atom stereocenters. The van der Waals surface area contributed by atoms with Crippen molar-refractivity contribution in [2.45, 2.75) is 39.4 Å². The number of hydrogen-bond donors (Lipinski definition) is 1. The van der Waals surface area contributed by atoms with Crippen molar-refractivity contribution in [3.05, 3.63) is 71.7 Å². The van der Waals surface area contributed by atoms with Gasteiger partial charge in [0.25, 0.3) is 0 Å². The number of nitrogens with zero attached hydrogens (tertiary/aromatic N) is 4. The minimum Gasteiger partial charge on any atom is -0.493 e. The SMILES string of the molecule is Cc1cnc2nc1-c1ccnc(c1)COC/C=C/COCc1cc(ccc1OCCCN1CCCC1)N2. The first-order valence-electron chi connectivity index (χ1n) is 13.1. The van der Waals surface area contributed by atoms with Gasteiger partial charge in [0.1, 0.15) is 5.75 Å². The van der Waals surface area contributed by atoms with Crippen LogP contribution in [0, 0.1) is 6.92 Å². The van der Waals surface area contributed by atoms with Crippen molar-refractivity contribution in [1.82, 2.24) is 19.9 Å². The Morgan fingerprint density at radius 1 is 1.00 bits per heavy atom. The summed E-state index contributed by atoms with van der Waals surface area (Å²) < 4.78 is 17.9. The van der Waals surface area contributed by atoms with Gasteiger partial charge in [-0.3, -0.25) is 4.98 Å². The van der Waals surface area contributed by atoms with E-state index in [0.717, 1.165) is 52.5 Å². The summed E-state index contributed by atoms with van der Waals surface area (Å²) in [5.41, 5.74) is 5.58. The first-order chi connectivity index (χ1) is 18.2. The number of benzene rings is 1. The van der Waals surface area contributed by atoms with Crippen LogP contribution in [0.3, 0.4) is 0 Å². The van der Waals surface area contributed by atoms with Gasteiger partial charge in [-0.2, -0.15) is 0 Å². The standard InChI is InChI=1S/C29H35N5O3/c1-22-19-31-29-32-25-7-8-27(37-16-6-13-34-11-2-3-12-34)24(18-25)20-35-14-4-5-15-36-21-26-17-23(9-10-30-26)28(22)33-29/h4-5,7-10,17-19H,2-3,6,11-16,20-21H2,1H3,(H,31,32,33)/b5-4+. The molecule has 0 spiro atoms. The van der Waals surface area contributed by atoms with Gasteiger partial charge in [-0.05, 0) is 75.2 Å². The molecule has 3 aromatic rings. The Kier molecular flexibility index (Phi) is 8.74. The molecular formula is C29H35N5O3. The lowest BCUT2D eigenvalue weighted by atomic mass is 10.1. The van der Waals surface area contributed by atoms with Crippen LogP contribution in [0.1, 0.15) is 36.1 Å². The molecule has 0 aliphatic carbocycles. The number of hydrogen-bond acceptors (Lipinski definition) is 8. The van der Waals surface area contributed by atoms with Gasteiger partial charge in [-0.25, -0.2) is 9.97 Å². The van der Waals surface area contributed by atoms with E-state index in [1.54, 1.807) is 6.20 Å². The van der Waals surface area contributed by atoms with Crippen LogP contribution in [-0.2, 0) is 22.7 Å². The largest absolute Gasteiger partial charge is 0.493 e. The monoisotopic (exact) mass is 501 g/mol. The van der Waals surface area contributed by atoms with E-state index in [4.69, 9.17) is 19.2 Å². The number of ether oxygens (including phenoxy) is 3. The molecule has 194 valence electrons. The topological polar surface area (TPSA) is 81.6 Å². The number of rotatable bonds is 5. The van der Waals surface area contributed by atoms with Gasteiger partial charge >= 0.3 is 0 Å². The second kappa shape index (κ2) is 12.8. The van der Waals surface area contributed by atoms with Crippen LogP contribution in [0.2, 0.25) is 0 Å². The molecule has 0 amide bonds. The number of nitrogens with one attached hydrogen (secondary N) is 1. The molecule has 4 heterocycles. The third kappa shape index (κ3) is 7.13. The molecule has 1 fully saturated rings. The highest BCUT2D eigenvalue weighted by molar-refractivity contribution is 5.65. The average Bonchev–Trinajstić information content (AvgIpc) is 3.43. The zero-order valence-corrected chi connectivity index (χ0v) is 21.5. The van der Waals surface area contributed by atoms with Crippen molar-refractivity contribution >= 4 is 11.6 Å². The predicted octanol–water partition coefficient (Wildman–Crippen LogP) is 5.06. The molecule has 2 aromatic heterocycles. The minimum atomic E-state index is 0.428. The molecule has 0 atom stereocenters. The van der Waals surface area contributed by atoms with Gasteiger partial charge in [-0.1, -0.05) is 12.2 Å². The number of fused-ring (bicyclic) bond motifs is 7. The summed E-state index contributed by atoms with van der Waals surface area (Å²) >= 11 is 0. The smallest absolute Gasteiger partial charge is 0.227 e. The third-order valence-electron chi connectivity index (χ3n) is 6.56. The Morgan fingerprint density at radius 3 is 2.70 bits per heavy atom. The molecule has 2 aliphatic heterocycles. The lowest BCUT2D eigenvalue weighted by molar-refractivity contribution is 0.137. The lowest BCUT2D eigenvalue weighted by Crippen LogP contribution is -2.22. The highest BCUT2D eigenvalue weighted by Crippen LogP contribution is 2.27. The second-order valence-corrected chi connectivity index (χ2v) is 9.46. The molecule has 5 rings (SSSR count). The highest BCUT2D eigenvalue weighted by atomic mass is 16.5. The van der Waals surface area contributed by atoms with Crippen molar-refractivity contribution in [2.24, 2.45) is 0 Å². The number of anilines is 2. The molecule has 37 heavy (non-hydrogen) atoms. The van der Waals surface area contributed by atoms with Gasteiger partial charge in [0.15, 0.2) is 0 Å². The quantitative estimate of drug-likeness (QED) is 0.384. The molecule has 6 bridgehead atoms. The summed E-state index contributed by atoms with van der Waals surface area (Å²) in [6.45, 7) is 8.07. The van der Waals surface area contributed by atoms with Crippen molar-refractivity contribution in [3.8, 4) is 17.0 Å². The van der Waals surface area contributed by atoms with Gasteiger partial charge in [-0.15, -0.1) is 0 Å². The maximum atomic E-state index is 6.19. The Balaban J connectivity index is 1.36. The van der Waals surface area contributed by atoms with Crippen molar-refractivity contribution in [3.63, 3.8) is 0 Å². The highest BCUT2D eigenvalue weighted by Gasteiger charge is 2.13. The van der Waals surface area contributed by atoms with Gasteiger partial charge < -0.3 is 24.4 Å². The zero-order chi connectivity index (χ0) is 25.3. The van der Waals surface area contributed by atoms with Crippen LogP contribution in [0.25, 0.3) is 11.3 Å². The van der Waals surface area contributed by atoms with Crippen LogP contribution in [0.4, 0.5) is 11.6 Å². The summed E-state index contributed by atoms with van der Waals surface area (Å²) in [5, 5.41) is 3.36. The molecule has 0 radical (unpaired) electrons. The normalized spacial score (nSPS) is 17.4. The van der Waals surface area contributed by atoms with E-state index < -0.39 is 0 Å². The molecule has 8 heteroatoms. The summed E-state index contributed by atoms with van der Waals surface area (Å²) in [6.07, 6.45) is 11.2. The number of aryl methyl sites for hydroxylation is 1. The number of likely N-dealkylation sites (tertiary alicyclic amines) is 1. The van der Waals surface area contributed by atoms with E-state index in [2.05, 4.69) is 26.3 Å². The van der Waals surface area contributed by atoms with Crippen molar-refractivity contribution in [1.29, 1.82) is 0 Å². The molecule has 8 nitrogen and oxygen atoms in total. The van der Waals surface area contributed by atoms with Crippen molar-refractivity contribution in [2.75, 3.05) is 44.8 Å². The number of aromatic nitrogens is 3. The molecular weight excluding hydrogens is 466 g/mol. The summed E-state index contributed by atoms with van der Waals surface area (Å²) in [4.78, 5) is 16.3. The van der Waals surface area contributed by atoms with Gasteiger partial charge in [0.05, 0.1) is 44.4 Å². The van der Waals surface area contributed by atoms with E-state index in [9.17, 15) is 0 Å². The lowest BCUT2D eigenvalue weighted by Gasteiger charge is -2.17. The Bertz CT molecular complexity index is 1210. The van der Waals surface area contributed by atoms with E-state index in [1.165, 1.54) is 25.9 Å². The Labute approximate surface area is 218 Å². The minimum absolute atomic E-state index is 0.428. The van der Waals surface area contributed by atoms with Gasteiger partial charge in [0, 0.05) is 35.8 Å². The maximum absolute atomic E-state index is 6.19. The van der Waals surface area contributed by atoms with Crippen LogP contribution >= 0.6 is 0 Å². The van der Waals surface area contributed by atoms with Crippen LogP contribution in [0.15, 0.2) is 54.9 Å². The Morgan fingerprint density at radius 2 is 1.84 bits per heavy atom. The fraction of sp³-hybridized carbons (Fsp3) is 0.414. The summed E-state index contributed by atoms with van der Waals surface area (Å²) in [6, 6.07) is 10.0. The fourth-order valence-electron chi connectivity index (χ4n) is 4.62. The molecule has 2 aliphatic rings.